The van der Waals surface area contributed by atoms with Gasteiger partial charge in [0, 0.05) is 11.8 Å². The fourth-order valence-corrected chi connectivity index (χ4v) is 3.49. The number of nitrogens with zero attached hydrogens (tertiary/aromatic N) is 1. The molecule has 0 bridgehead atoms. The number of hydrogen-bond acceptors (Lipinski definition) is 6. The Balaban J connectivity index is 2.01. The van der Waals surface area contributed by atoms with Crippen molar-refractivity contribution in [3.05, 3.63) is 53.6 Å². The molecular weight excluding hydrogens is 348 g/mol. The van der Waals surface area contributed by atoms with Crippen LogP contribution < -0.4 is 10.6 Å². The molecule has 4 N–H and O–H groups in total. The molecule has 3 rings (SSSR count). The Kier molecular flexibility index (Phi) is 4.80. The van der Waals surface area contributed by atoms with Gasteiger partial charge in [0.15, 0.2) is 11.5 Å². The van der Waals surface area contributed by atoms with Crippen LogP contribution in [0.15, 0.2) is 42.5 Å². The number of ether oxygens (including phenoxy) is 1. The van der Waals surface area contributed by atoms with Gasteiger partial charge in [0.25, 0.3) is 0 Å². The summed E-state index contributed by atoms with van der Waals surface area (Å²) in [7, 11) is 1.24. The average Bonchev–Trinajstić information content (AvgIpc) is 3.01. The first-order valence-corrected chi connectivity index (χ1v) is 8.56. The summed E-state index contributed by atoms with van der Waals surface area (Å²) in [5.74, 6) is -1.80. The van der Waals surface area contributed by atoms with Crippen LogP contribution in [-0.4, -0.2) is 40.8 Å². The van der Waals surface area contributed by atoms with Crippen molar-refractivity contribution < 1.29 is 24.5 Å². The summed E-state index contributed by atoms with van der Waals surface area (Å²) in [5.41, 5.74) is 7.49. The highest BCUT2D eigenvalue weighted by Crippen LogP contribution is 2.35. The average molecular weight is 370 g/mol. The van der Waals surface area contributed by atoms with E-state index in [-0.39, 0.29) is 11.4 Å². The Morgan fingerprint density at radius 1 is 1.11 bits per heavy atom. The first-order chi connectivity index (χ1) is 12.8. The van der Waals surface area contributed by atoms with E-state index in [0.29, 0.717) is 12.8 Å². The molecule has 0 saturated heterocycles. The lowest BCUT2D eigenvalue weighted by Crippen LogP contribution is -2.59. The number of phenols is 2. The zero-order chi connectivity index (χ0) is 19.8. The Morgan fingerprint density at radius 3 is 2.22 bits per heavy atom. The zero-order valence-electron chi connectivity index (χ0n) is 15.2. The van der Waals surface area contributed by atoms with Gasteiger partial charge in [-0.15, -0.1) is 0 Å². The molecule has 1 aliphatic carbocycles. The zero-order valence-corrected chi connectivity index (χ0v) is 15.2. The van der Waals surface area contributed by atoms with Crippen LogP contribution in [0, 0.1) is 0 Å². The maximum Gasteiger partial charge on any atom is 0.328 e. The SMILES string of the molecule is COC(=O)C(C)N(C(=O)C1(N)Cc2ccccc2C1)c1ccc(O)c(O)c1. The first-order valence-electron chi connectivity index (χ1n) is 8.56. The predicted molar refractivity (Wildman–Crippen MR) is 99.5 cm³/mol. The predicted octanol–water partition coefficient (Wildman–Crippen LogP) is 1.49. The van der Waals surface area contributed by atoms with Gasteiger partial charge in [0.05, 0.1) is 7.11 Å². The summed E-state index contributed by atoms with van der Waals surface area (Å²) < 4.78 is 4.79. The van der Waals surface area contributed by atoms with Crippen molar-refractivity contribution in [1.29, 1.82) is 0 Å². The van der Waals surface area contributed by atoms with Crippen LogP contribution in [0.3, 0.4) is 0 Å². The number of carbonyl (C=O) groups is 2. The summed E-state index contributed by atoms with van der Waals surface area (Å²) >= 11 is 0. The number of rotatable bonds is 4. The third-order valence-corrected chi connectivity index (χ3v) is 4.94. The van der Waals surface area contributed by atoms with Crippen LogP contribution in [0.25, 0.3) is 0 Å². The van der Waals surface area contributed by atoms with Gasteiger partial charge >= 0.3 is 5.97 Å². The number of nitrogens with two attached hydrogens (primary N) is 1. The number of anilines is 1. The highest BCUT2D eigenvalue weighted by molar-refractivity contribution is 6.05. The van der Waals surface area contributed by atoms with Crippen LogP contribution in [0.5, 0.6) is 11.5 Å². The number of hydrogen-bond donors (Lipinski definition) is 3. The van der Waals surface area contributed by atoms with Crippen molar-refractivity contribution in [1.82, 2.24) is 0 Å². The maximum atomic E-state index is 13.4. The van der Waals surface area contributed by atoms with Crippen molar-refractivity contribution >= 4 is 17.6 Å². The number of amides is 1. The second kappa shape index (κ2) is 6.92. The molecule has 0 spiro atoms. The number of fused-ring (bicyclic) bond motifs is 1. The standard InChI is InChI=1S/C20H22N2O5/c1-12(18(25)27-2)22(15-7-8-16(23)17(24)9-15)19(26)20(21)10-13-5-3-4-6-14(13)11-20/h3-9,12,23-24H,10-11,21H2,1-2H3. The van der Waals surface area contributed by atoms with Crippen molar-refractivity contribution in [3.8, 4) is 11.5 Å². The highest BCUT2D eigenvalue weighted by atomic mass is 16.5. The largest absolute Gasteiger partial charge is 0.504 e. The Bertz CT molecular complexity index is 871. The van der Waals surface area contributed by atoms with Crippen LogP contribution in [0.4, 0.5) is 5.69 Å². The Hall–Kier alpha value is -3.06. The highest BCUT2D eigenvalue weighted by Gasteiger charge is 2.45. The van der Waals surface area contributed by atoms with Crippen molar-refractivity contribution in [2.24, 2.45) is 5.73 Å². The minimum absolute atomic E-state index is 0.244. The Labute approximate surface area is 157 Å². The van der Waals surface area contributed by atoms with E-state index in [0.717, 1.165) is 11.1 Å². The lowest BCUT2D eigenvalue weighted by molar-refractivity contribution is -0.143. The summed E-state index contributed by atoms with van der Waals surface area (Å²) in [6.07, 6.45) is 0.687. The number of phenolic OH excluding ortho intramolecular Hbond substituents is 2. The van der Waals surface area contributed by atoms with E-state index in [9.17, 15) is 19.8 Å². The summed E-state index contributed by atoms with van der Waals surface area (Å²) in [6.45, 7) is 1.53. The van der Waals surface area contributed by atoms with E-state index in [1.807, 2.05) is 24.3 Å². The lowest BCUT2D eigenvalue weighted by atomic mass is 9.94. The second-order valence-corrected chi connectivity index (χ2v) is 6.83. The number of esters is 1. The van der Waals surface area contributed by atoms with Crippen LogP contribution in [0.2, 0.25) is 0 Å². The Morgan fingerprint density at radius 2 is 1.70 bits per heavy atom. The summed E-state index contributed by atoms with van der Waals surface area (Å²) in [6, 6.07) is 10.6. The monoisotopic (exact) mass is 370 g/mol. The minimum atomic E-state index is -1.22. The molecule has 27 heavy (non-hydrogen) atoms. The van der Waals surface area contributed by atoms with Crippen LogP contribution >= 0.6 is 0 Å². The molecule has 7 nitrogen and oxygen atoms in total. The first kappa shape index (κ1) is 18.7. The van der Waals surface area contributed by atoms with Crippen molar-refractivity contribution in [2.45, 2.75) is 31.3 Å². The summed E-state index contributed by atoms with van der Waals surface area (Å²) in [4.78, 5) is 26.8. The van der Waals surface area contributed by atoms with Gasteiger partial charge < -0.3 is 20.7 Å². The maximum absolute atomic E-state index is 13.4. The fourth-order valence-electron chi connectivity index (χ4n) is 3.49. The molecule has 0 heterocycles. The molecule has 142 valence electrons. The van der Waals surface area contributed by atoms with Gasteiger partial charge in [-0.25, -0.2) is 4.79 Å². The number of aromatic hydroxyl groups is 2. The molecule has 1 atom stereocenters. The molecule has 7 heteroatoms. The third-order valence-electron chi connectivity index (χ3n) is 4.94. The quantitative estimate of drug-likeness (QED) is 0.555. The smallest absolute Gasteiger partial charge is 0.328 e. The van der Waals surface area contributed by atoms with E-state index < -0.39 is 29.2 Å². The molecule has 0 aliphatic heterocycles. The van der Waals surface area contributed by atoms with Crippen molar-refractivity contribution in [2.75, 3.05) is 12.0 Å². The van der Waals surface area contributed by atoms with Gasteiger partial charge in [-0.1, -0.05) is 24.3 Å². The van der Waals surface area contributed by atoms with Gasteiger partial charge in [-0.05, 0) is 43.0 Å². The van der Waals surface area contributed by atoms with Gasteiger partial charge in [-0.3, -0.25) is 9.69 Å². The van der Waals surface area contributed by atoms with Gasteiger partial charge in [0.2, 0.25) is 5.91 Å². The topological polar surface area (TPSA) is 113 Å². The molecule has 1 unspecified atom stereocenters. The molecule has 1 amide bonds. The van der Waals surface area contributed by atoms with Gasteiger partial charge in [0.1, 0.15) is 11.6 Å². The number of methoxy groups -OCH3 is 1. The van der Waals surface area contributed by atoms with Gasteiger partial charge in [-0.2, -0.15) is 0 Å². The second-order valence-electron chi connectivity index (χ2n) is 6.83. The molecule has 0 aromatic heterocycles. The van der Waals surface area contributed by atoms with E-state index in [2.05, 4.69) is 0 Å². The molecule has 2 aromatic rings. The molecule has 0 saturated carbocycles. The van der Waals surface area contributed by atoms with Crippen LogP contribution in [0.1, 0.15) is 18.1 Å². The molecular formula is C20H22N2O5. The van der Waals surface area contributed by atoms with E-state index in [4.69, 9.17) is 10.5 Å². The van der Waals surface area contributed by atoms with E-state index in [1.54, 1.807) is 0 Å². The normalized spacial score (nSPS) is 15.7. The van der Waals surface area contributed by atoms with Crippen LogP contribution in [-0.2, 0) is 27.2 Å². The lowest BCUT2D eigenvalue weighted by Gasteiger charge is -2.34. The van der Waals surface area contributed by atoms with E-state index in [1.165, 1.54) is 37.1 Å². The fraction of sp³-hybridized carbons (Fsp3) is 0.300. The molecule has 2 aromatic carbocycles. The minimum Gasteiger partial charge on any atom is -0.504 e. The summed E-state index contributed by atoms with van der Waals surface area (Å²) in [5, 5.41) is 19.4. The number of benzene rings is 2. The third kappa shape index (κ3) is 3.33. The molecule has 0 radical (unpaired) electrons. The van der Waals surface area contributed by atoms with E-state index >= 15 is 0 Å². The molecule has 0 fully saturated rings. The molecule has 1 aliphatic rings. The number of carbonyl (C=O) groups excluding carboxylic acids is 2. The van der Waals surface area contributed by atoms with Crippen molar-refractivity contribution in [3.63, 3.8) is 0 Å².